The fourth-order valence-electron chi connectivity index (χ4n) is 1.79. The standard InChI is InChI=1S/C14H7ClFNO3S/c15-9-5-7(1-3-10(9)16)11-4-2-8(20-11)6-12-13(18)17-14(19)21-12/h1-6H,(H,17,18,19)/b12-6+. The topological polar surface area (TPSA) is 59.3 Å². The molecule has 1 aromatic carbocycles. The Kier molecular flexibility index (Phi) is 3.57. The molecule has 21 heavy (non-hydrogen) atoms. The molecule has 1 N–H and O–H groups in total. The van der Waals surface area contributed by atoms with Gasteiger partial charge in [-0.15, -0.1) is 0 Å². The summed E-state index contributed by atoms with van der Waals surface area (Å²) in [5.74, 6) is -0.0593. The molecule has 4 nitrogen and oxygen atoms in total. The number of nitrogens with one attached hydrogen (secondary N) is 1. The van der Waals surface area contributed by atoms with Gasteiger partial charge in [0.2, 0.25) is 0 Å². The van der Waals surface area contributed by atoms with Crippen molar-refractivity contribution in [1.82, 2.24) is 5.32 Å². The monoisotopic (exact) mass is 323 g/mol. The number of furan rings is 1. The van der Waals surface area contributed by atoms with Gasteiger partial charge >= 0.3 is 0 Å². The number of hydrogen-bond acceptors (Lipinski definition) is 4. The van der Waals surface area contributed by atoms with E-state index < -0.39 is 17.0 Å². The summed E-state index contributed by atoms with van der Waals surface area (Å²) in [7, 11) is 0. The van der Waals surface area contributed by atoms with Crippen LogP contribution in [-0.2, 0) is 4.79 Å². The highest BCUT2D eigenvalue weighted by molar-refractivity contribution is 8.18. The Hall–Kier alpha value is -2.05. The molecule has 0 atom stereocenters. The summed E-state index contributed by atoms with van der Waals surface area (Å²) in [6.45, 7) is 0. The van der Waals surface area contributed by atoms with Gasteiger partial charge in [-0.3, -0.25) is 14.9 Å². The highest BCUT2D eigenvalue weighted by Gasteiger charge is 2.25. The molecule has 1 aromatic heterocycles. The van der Waals surface area contributed by atoms with Crippen LogP contribution in [0, 0.1) is 5.82 Å². The SMILES string of the molecule is O=C1NC(=O)/C(=C\c2ccc(-c3ccc(F)c(Cl)c3)o2)S1. The maximum Gasteiger partial charge on any atom is 0.290 e. The van der Waals surface area contributed by atoms with Crippen molar-refractivity contribution < 1.29 is 18.4 Å². The fourth-order valence-corrected chi connectivity index (χ4v) is 2.63. The zero-order valence-electron chi connectivity index (χ0n) is 10.4. The first-order valence-electron chi connectivity index (χ1n) is 5.83. The van der Waals surface area contributed by atoms with Crippen LogP contribution in [0.3, 0.4) is 0 Å². The van der Waals surface area contributed by atoms with Crippen molar-refractivity contribution >= 4 is 40.6 Å². The van der Waals surface area contributed by atoms with Gasteiger partial charge in [0.15, 0.2) is 0 Å². The molecule has 0 aliphatic carbocycles. The molecule has 0 unspecified atom stereocenters. The summed E-state index contributed by atoms with van der Waals surface area (Å²) in [4.78, 5) is 22.7. The molecule has 0 bridgehead atoms. The Morgan fingerprint density at radius 1 is 1.24 bits per heavy atom. The van der Waals surface area contributed by atoms with Gasteiger partial charge in [0.25, 0.3) is 11.1 Å². The minimum Gasteiger partial charge on any atom is -0.457 e. The van der Waals surface area contributed by atoms with Gasteiger partial charge in [-0.2, -0.15) is 0 Å². The molecule has 7 heteroatoms. The third-order valence-corrected chi connectivity index (χ3v) is 3.85. The lowest BCUT2D eigenvalue weighted by molar-refractivity contribution is -0.115. The number of amides is 2. The molecule has 2 heterocycles. The van der Waals surface area contributed by atoms with Crippen LogP contribution in [0.25, 0.3) is 17.4 Å². The van der Waals surface area contributed by atoms with E-state index in [-0.39, 0.29) is 9.93 Å². The number of carbonyl (C=O) groups excluding carboxylic acids is 2. The van der Waals surface area contributed by atoms with Crippen LogP contribution >= 0.6 is 23.4 Å². The van der Waals surface area contributed by atoms with Crippen molar-refractivity contribution in [3.63, 3.8) is 0 Å². The third-order valence-electron chi connectivity index (χ3n) is 2.75. The molecule has 0 saturated carbocycles. The van der Waals surface area contributed by atoms with Crippen molar-refractivity contribution in [1.29, 1.82) is 0 Å². The number of hydrogen-bond donors (Lipinski definition) is 1. The van der Waals surface area contributed by atoms with Crippen molar-refractivity contribution in [3.05, 3.63) is 51.8 Å². The zero-order valence-corrected chi connectivity index (χ0v) is 11.9. The van der Waals surface area contributed by atoms with E-state index in [2.05, 4.69) is 5.32 Å². The van der Waals surface area contributed by atoms with Gasteiger partial charge in [-0.25, -0.2) is 4.39 Å². The number of imide groups is 1. The van der Waals surface area contributed by atoms with E-state index in [0.717, 1.165) is 11.8 Å². The normalized spacial score (nSPS) is 16.6. The molecule has 2 aromatic rings. The number of rotatable bonds is 2. The molecule has 3 rings (SSSR count). The smallest absolute Gasteiger partial charge is 0.290 e. The van der Waals surface area contributed by atoms with Gasteiger partial charge in [-0.05, 0) is 42.1 Å². The number of carbonyl (C=O) groups is 2. The average molecular weight is 324 g/mol. The van der Waals surface area contributed by atoms with Crippen LogP contribution < -0.4 is 5.32 Å². The number of benzene rings is 1. The van der Waals surface area contributed by atoms with Crippen LogP contribution in [0.15, 0.2) is 39.7 Å². The molecule has 1 aliphatic heterocycles. The third kappa shape index (κ3) is 2.86. The molecule has 1 aliphatic rings. The minimum atomic E-state index is -0.508. The maximum atomic E-state index is 13.1. The van der Waals surface area contributed by atoms with Crippen LogP contribution in [-0.4, -0.2) is 11.1 Å². The van der Waals surface area contributed by atoms with Gasteiger partial charge in [0.05, 0.1) is 9.93 Å². The lowest BCUT2D eigenvalue weighted by atomic mass is 10.2. The Bertz CT molecular complexity index is 784. The van der Waals surface area contributed by atoms with Gasteiger partial charge in [0.1, 0.15) is 17.3 Å². The quantitative estimate of drug-likeness (QED) is 0.847. The summed E-state index contributed by atoms with van der Waals surface area (Å²) >= 11 is 6.53. The highest BCUT2D eigenvalue weighted by atomic mass is 35.5. The fraction of sp³-hybridized carbons (Fsp3) is 0. The second-order valence-corrected chi connectivity index (χ2v) is 5.61. The Balaban J connectivity index is 1.90. The van der Waals surface area contributed by atoms with Crippen LogP contribution in [0.1, 0.15) is 5.76 Å². The summed E-state index contributed by atoms with van der Waals surface area (Å²) in [5, 5.41) is 1.74. The summed E-state index contributed by atoms with van der Waals surface area (Å²) in [5.41, 5.74) is 0.616. The predicted molar refractivity (Wildman–Crippen MR) is 78.2 cm³/mol. The van der Waals surface area contributed by atoms with Crippen LogP contribution in [0.4, 0.5) is 9.18 Å². The van der Waals surface area contributed by atoms with Crippen molar-refractivity contribution in [2.75, 3.05) is 0 Å². The van der Waals surface area contributed by atoms with Crippen LogP contribution in [0.5, 0.6) is 0 Å². The summed E-state index contributed by atoms with van der Waals surface area (Å²) in [6.07, 6.45) is 1.47. The van der Waals surface area contributed by atoms with Crippen molar-refractivity contribution in [2.45, 2.75) is 0 Å². The lowest BCUT2D eigenvalue weighted by Crippen LogP contribution is -2.17. The van der Waals surface area contributed by atoms with E-state index in [0.29, 0.717) is 17.1 Å². The maximum absolute atomic E-state index is 13.1. The van der Waals surface area contributed by atoms with Gasteiger partial charge in [-0.1, -0.05) is 11.6 Å². The molecular formula is C14H7ClFNO3S. The Morgan fingerprint density at radius 2 is 2.05 bits per heavy atom. The first kappa shape index (κ1) is 13.9. The van der Waals surface area contributed by atoms with Crippen molar-refractivity contribution in [3.8, 4) is 11.3 Å². The van der Waals surface area contributed by atoms with Crippen LogP contribution in [0.2, 0.25) is 5.02 Å². The average Bonchev–Trinajstić information content (AvgIpc) is 3.01. The first-order chi connectivity index (χ1) is 10.0. The molecule has 106 valence electrons. The van der Waals surface area contributed by atoms with E-state index in [1.807, 2.05) is 0 Å². The summed E-state index contributed by atoms with van der Waals surface area (Å²) in [6, 6.07) is 7.56. The summed E-state index contributed by atoms with van der Waals surface area (Å²) < 4.78 is 18.7. The second kappa shape index (κ2) is 5.38. The first-order valence-corrected chi connectivity index (χ1v) is 7.02. The predicted octanol–water partition coefficient (Wildman–Crippen LogP) is 4.06. The van der Waals surface area contributed by atoms with Gasteiger partial charge < -0.3 is 4.42 Å². The number of thioether (sulfide) groups is 1. The van der Waals surface area contributed by atoms with E-state index in [1.54, 1.807) is 12.1 Å². The molecule has 1 saturated heterocycles. The van der Waals surface area contributed by atoms with E-state index in [9.17, 15) is 14.0 Å². The Labute approximate surface area is 128 Å². The van der Waals surface area contributed by atoms with E-state index in [1.165, 1.54) is 24.3 Å². The molecular weight excluding hydrogens is 317 g/mol. The van der Waals surface area contributed by atoms with Gasteiger partial charge in [0, 0.05) is 11.6 Å². The second-order valence-electron chi connectivity index (χ2n) is 4.18. The largest absolute Gasteiger partial charge is 0.457 e. The van der Waals surface area contributed by atoms with Crippen molar-refractivity contribution in [2.24, 2.45) is 0 Å². The number of halogens is 2. The molecule has 0 radical (unpaired) electrons. The zero-order chi connectivity index (χ0) is 15.0. The lowest BCUT2D eigenvalue weighted by Gasteiger charge is -1.98. The molecule has 1 fully saturated rings. The van der Waals surface area contributed by atoms with E-state index in [4.69, 9.17) is 16.0 Å². The highest BCUT2D eigenvalue weighted by Crippen LogP contribution is 2.30. The van der Waals surface area contributed by atoms with E-state index >= 15 is 0 Å². The molecule has 2 amide bonds. The Morgan fingerprint density at radius 3 is 2.71 bits per heavy atom. The molecule has 0 spiro atoms. The minimum absolute atomic E-state index is 0.000118.